The van der Waals surface area contributed by atoms with Gasteiger partial charge in [0.25, 0.3) is 0 Å². The van der Waals surface area contributed by atoms with E-state index in [1.54, 1.807) is 11.8 Å². The van der Waals surface area contributed by atoms with Gasteiger partial charge in [-0.05, 0) is 26.7 Å². The number of urea groups is 1. The van der Waals surface area contributed by atoms with E-state index in [2.05, 4.69) is 5.32 Å². The molecule has 90 valence electrons. The van der Waals surface area contributed by atoms with Gasteiger partial charge >= 0.3 is 6.03 Å². The molecular weight excluding hydrogens is 192 g/mol. The van der Waals surface area contributed by atoms with Gasteiger partial charge in [-0.3, -0.25) is 0 Å². The second-order valence-electron chi connectivity index (χ2n) is 4.34. The number of carbonyl (C=O) groups excluding carboxylic acids is 1. The summed E-state index contributed by atoms with van der Waals surface area (Å²) in [4.78, 5) is 13.3. The molecule has 0 rings (SSSR count). The summed E-state index contributed by atoms with van der Waals surface area (Å²) >= 11 is 0. The maximum Gasteiger partial charge on any atom is 0.317 e. The van der Waals surface area contributed by atoms with Gasteiger partial charge in [-0.2, -0.15) is 0 Å². The number of rotatable bonds is 5. The maximum absolute atomic E-state index is 11.6. The second-order valence-corrected chi connectivity index (χ2v) is 4.34. The van der Waals surface area contributed by atoms with E-state index in [4.69, 9.17) is 0 Å². The lowest BCUT2D eigenvalue weighted by atomic mass is 9.93. The summed E-state index contributed by atoms with van der Waals surface area (Å²) in [6.45, 7) is 11.1. The van der Waals surface area contributed by atoms with Crippen molar-refractivity contribution in [3.63, 3.8) is 0 Å². The van der Waals surface area contributed by atoms with E-state index in [9.17, 15) is 9.90 Å². The maximum atomic E-state index is 11.6. The molecule has 0 heterocycles. The molecule has 0 bridgehead atoms. The van der Waals surface area contributed by atoms with Crippen LogP contribution in [0.1, 0.15) is 34.6 Å². The van der Waals surface area contributed by atoms with Crippen LogP contribution < -0.4 is 5.32 Å². The fourth-order valence-electron chi connectivity index (χ4n) is 1.08. The molecule has 0 aliphatic carbocycles. The fourth-order valence-corrected chi connectivity index (χ4v) is 1.08. The molecule has 0 aromatic rings. The molecule has 0 fully saturated rings. The fraction of sp³-hybridized carbons (Fsp3) is 0.909. The summed E-state index contributed by atoms with van der Waals surface area (Å²) in [5.41, 5.74) is -0.844. The van der Waals surface area contributed by atoms with Gasteiger partial charge in [-0.15, -0.1) is 0 Å². The zero-order valence-electron chi connectivity index (χ0n) is 10.5. The van der Waals surface area contributed by atoms with Gasteiger partial charge in [0.05, 0.1) is 5.60 Å². The van der Waals surface area contributed by atoms with Crippen LogP contribution in [0.25, 0.3) is 0 Å². The number of nitrogens with one attached hydrogen (secondary N) is 1. The van der Waals surface area contributed by atoms with Gasteiger partial charge in [0.15, 0.2) is 0 Å². The Labute approximate surface area is 92.7 Å². The standard InChI is InChI=1S/C11H24N2O2/c1-6-13(7-2)10(14)12-8-11(5,15)9(3)4/h9,15H,6-8H2,1-5H3,(H,12,14). The number of nitrogens with zero attached hydrogens (tertiary/aromatic N) is 1. The van der Waals surface area contributed by atoms with Gasteiger partial charge < -0.3 is 15.3 Å². The predicted molar refractivity (Wildman–Crippen MR) is 61.8 cm³/mol. The summed E-state index contributed by atoms with van der Waals surface area (Å²) in [5.74, 6) is 0.120. The first kappa shape index (κ1) is 14.2. The van der Waals surface area contributed by atoms with E-state index in [1.807, 2.05) is 27.7 Å². The Morgan fingerprint density at radius 3 is 2.20 bits per heavy atom. The van der Waals surface area contributed by atoms with E-state index >= 15 is 0 Å². The topological polar surface area (TPSA) is 52.6 Å². The lowest BCUT2D eigenvalue weighted by Gasteiger charge is -2.29. The van der Waals surface area contributed by atoms with Crippen LogP contribution >= 0.6 is 0 Å². The Kier molecular flexibility index (Phi) is 5.65. The molecule has 0 aromatic carbocycles. The van der Waals surface area contributed by atoms with Crippen molar-refractivity contribution in [1.29, 1.82) is 0 Å². The summed E-state index contributed by atoms with van der Waals surface area (Å²) < 4.78 is 0. The third-order valence-corrected chi connectivity index (χ3v) is 2.89. The minimum absolute atomic E-state index is 0.110. The lowest BCUT2D eigenvalue weighted by Crippen LogP contribution is -2.48. The summed E-state index contributed by atoms with van der Waals surface area (Å²) in [6.07, 6.45) is 0. The Balaban J connectivity index is 4.10. The lowest BCUT2D eigenvalue weighted by molar-refractivity contribution is 0.0156. The second kappa shape index (κ2) is 5.95. The first-order valence-electron chi connectivity index (χ1n) is 5.60. The number of hydrogen-bond acceptors (Lipinski definition) is 2. The third-order valence-electron chi connectivity index (χ3n) is 2.89. The number of hydrogen-bond donors (Lipinski definition) is 2. The van der Waals surface area contributed by atoms with Crippen molar-refractivity contribution in [3.05, 3.63) is 0 Å². The Bertz CT molecular complexity index is 199. The summed E-state index contributed by atoms with van der Waals surface area (Å²) in [6, 6.07) is -0.110. The van der Waals surface area contributed by atoms with Crippen LogP contribution in [0.15, 0.2) is 0 Å². The average Bonchev–Trinajstić information content (AvgIpc) is 2.16. The van der Waals surface area contributed by atoms with Crippen LogP contribution in [0.3, 0.4) is 0 Å². The van der Waals surface area contributed by atoms with Crippen molar-refractivity contribution in [3.8, 4) is 0 Å². The summed E-state index contributed by atoms with van der Waals surface area (Å²) in [5, 5.41) is 12.7. The highest BCUT2D eigenvalue weighted by atomic mass is 16.3. The van der Waals surface area contributed by atoms with Crippen molar-refractivity contribution >= 4 is 6.03 Å². The highest BCUT2D eigenvalue weighted by Gasteiger charge is 2.25. The Morgan fingerprint density at radius 2 is 1.87 bits per heavy atom. The van der Waals surface area contributed by atoms with Crippen molar-refractivity contribution in [1.82, 2.24) is 10.2 Å². The molecule has 0 radical (unpaired) electrons. The van der Waals surface area contributed by atoms with E-state index in [-0.39, 0.29) is 11.9 Å². The minimum Gasteiger partial charge on any atom is -0.388 e. The molecule has 2 amide bonds. The van der Waals surface area contributed by atoms with Gasteiger partial charge in [0.2, 0.25) is 0 Å². The Morgan fingerprint density at radius 1 is 1.40 bits per heavy atom. The zero-order chi connectivity index (χ0) is 12.1. The summed E-state index contributed by atoms with van der Waals surface area (Å²) in [7, 11) is 0. The van der Waals surface area contributed by atoms with E-state index in [0.717, 1.165) is 0 Å². The molecule has 0 saturated carbocycles. The molecular formula is C11H24N2O2. The molecule has 0 aromatic heterocycles. The normalized spacial score (nSPS) is 14.9. The van der Waals surface area contributed by atoms with E-state index in [1.165, 1.54) is 0 Å². The van der Waals surface area contributed by atoms with Crippen LogP contribution in [0.5, 0.6) is 0 Å². The smallest absolute Gasteiger partial charge is 0.317 e. The molecule has 1 unspecified atom stereocenters. The van der Waals surface area contributed by atoms with Crippen LogP contribution in [-0.2, 0) is 0 Å². The van der Waals surface area contributed by atoms with Gasteiger partial charge in [-0.1, -0.05) is 13.8 Å². The zero-order valence-corrected chi connectivity index (χ0v) is 10.5. The van der Waals surface area contributed by atoms with Crippen molar-refractivity contribution in [2.45, 2.75) is 40.2 Å². The quantitative estimate of drug-likeness (QED) is 0.730. The predicted octanol–water partition coefficient (Wildman–Crippen LogP) is 1.44. The number of aliphatic hydroxyl groups is 1. The molecule has 0 spiro atoms. The molecule has 4 nitrogen and oxygen atoms in total. The molecule has 0 aliphatic rings. The number of carbonyl (C=O) groups is 1. The highest BCUT2D eigenvalue weighted by molar-refractivity contribution is 5.74. The van der Waals surface area contributed by atoms with Crippen LogP contribution in [0.4, 0.5) is 4.79 Å². The molecule has 0 saturated heterocycles. The monoisotopic (exact) mass is 216 g/mol. The van der Waals surface area contributed by atoms with Gasteiger partial charge in [-0.25, -0.2) is 4.79 Å². The van der Waals surface area contributed by atoms with E-state index < -0.39 is 5.60 Å². The van der Waals surface area contributed by atoms with Crippen LogP contribution in [0.2, 0.25) is 0 Å². The van der Waals surface area contributed by atoms with E-state index in [0.29, 0.717) is 19.6 Å². The van der Waals surface area contributed by atoms with Crippen molar-refractivity contribution in [2.75, 3.05) is 19.6 Å². The molecule has 0 aliphatic heterocycles. The van der Waals surface area contributed by atoms with Crippen LogP contribution in [-0.4, -0.2) is 41.3 Å². The van der Waals surface area contributed by atoms with Crippen LogP contribution in [0, 0.1) is 5.92 Å². The number of amides is 2. The molecule has 2 N–H and O–H groups in total. The molecule has 4 heteroatoms. The first-order valence-corrected chi connectivity index (χ1v) is 5.60. The van der Waals surface area contributed by atoms with Gasteiger partial charge in [0, 0.05) is 19.6 Å². The Hall–Kier alpha value is -0.770. The third kappa shape index (κ3) is 4.51. The van der Waals surface area contributed by atoms with Crippen molar-refractivity contribution in [2.24, 2.45) is 5.92 Å². The van der Waals surface area contributed by atoms with Crippen molar-refractivity contribution < 1.29 is 9.90 Å². The molecule has 1 atom stereocenters. The van der Waals surface area contributed by atoms with Gasteiger partial charge in [0.1, 0.15) is 0 Å². The molecule has 15 heavy (non-hydrogen) atoms. The largest absolute Gasteiger partial charge is 0.388 e. The minimum atomic E-state index is -0.844. The average molecular weight is 216 g/mol. The first-order chi connectivity index (χ1) is 6.85. The highest BCUT2D eigenvalue weighted by Crippen LogP contribution is 2.14. The SMILES string of the molecule is CCN(CC)C(=O)NCC(C)(O)C(C)C.